The fourth-order valence-electron chi connectivity index (χ4n) is 1.27. The summed E-state index contributed by atoms with van der Waals surface area (Å²) in [4.78, 5) is 3.09. The molecule has 0 atom stereocenters. The molecule has 72 valence electrons. The number of hydrogen-bond acceptors (Lipinski definition) is 3. The molecule has 4 heteroatoms. The molecule has 3 N–H and O–H groups in total. The van der Waals surface area contributed by atoms with Crippen molar-refractivity contribution in [3.63, 3.8) is 0 Å². The second-order valence-electron chi connectivity index (χ2n) is 3.12. The zero-order valence-corrected chi connectivity index (χ0v) is 9.34. The van der Waals surface area contributed by atoms with Gasteiger partial charge in [0.15, 0.2) is 3.95 Å². The van der Waals surface area contributed by atoms with E-state index in [1.165, 1.54) is 16.9 Å². The molecule has 2 rings (SSSR count). The van der Waals surface area contributed by atoms with E-state index in [0.29, 0.717) is 0 Å². The first-order chi connectivity index (χ1) is 6.66. The number of aryl methyl sites for hydroxylation is 1. The van der Waals surface area contributed by atoms with Crippen molar-refractivity contribution in [3.8, 4) is 11.3 Å². The molecule has 0 radical (unpaired) electrons. The third-order valence-corrected chi connectivity index (χ3v) is 3.08. The highest BCUT2D eigenvalue weighted by molar-refractivity contribution is 7.73. The highest BCUT2D eigenvalue weighted by atomic mass is 32.1. The van der Waals surface area contributed by atoms with Crippen LogP contribution in [0.2, 0.25) is 0 Å². The molecule has 0 aliphatic heterocycles. The minimum atomic E-state index is 0.720. The van der Waals surface area contributed by atoms with Crippen LogP contribution in [0.1, 0.15) is 5.56 Å². The fourth-order valence-corrected chi connectivity index (χ4v) is 2.27. The highest BCUT2D eigenvalue weighted by Gasteiger charge is 2.04. The normalized spacial score (nSPS) is 10.4. The number of H-pyrrole nitrogens is 1. The number of aromatic nitrogens is 1. The molecule has 0 unspecified atom stereocenters. The van der Waals surface area contributed by atoms with Gasteiger partial charge in [0, 0.05) is 5.56 Å². The van der Waals surface area contributed by atoms with Gasteiger partial charge in [-0.2, -0.15) is 0 Å². The summed E-state index contributed by atoms with van der Waals surface area (Å²) < 4.78 is 0.720. The number of aromatic amines is 1. The van der Waals surface area contributed by atoms with E-state index in [4.69, 9.17) is 18.0 Å². The maximum absolute atomic E-state index is 5.83. The molecular formula is C10H10N2S2. The summed E-state index contributed by atoms with van der Waals surface area (Å²) in [7, 11) is 0. The molecule has 0 spiro atoms. The van der Waals surface area contributed by atoms with Gasteiger partial charge in [-0.3, -0.25) is 0 Å². The monoisotopic (exact) mass is 222 g/mol. The van der Waals surface area contributed by atoms with Gasteiger partial charge in [0.25, 0.3) is 0 Å². The minimum absolute atomic E-state index is 0.720. The van der Waals surface area contributed by atoms with Crippen molar-refractivity contribution in [3.05, 3.63) is 33.8 Å². The first-order valence-corrected chi connectivity index (χ1v) is 5.45. The Balaban J connectivity index is 2.54. The second kappa shape index (κ2) is 3.55. The van der Waals surface area contributed by atoms with Crippen molar-refractivity contribution in [1.82, 2.24) is 4.98 Å². The number of benzene rings is 1. The van der Waals surface area contributed by atoms with Crippen LogP contribution in [0.25, 0.3) is 11.3 Å². The minimum Gasteiger partial charge on any atom is -0.389 e. The molecule has 0 saturated carbocycles. The fraction of sp³-hybridized carbons (Fsp3) is 0.100. The van der Waals surface area contributed by atoms with Gasteiger partial charge < -0.3 is 10.7 Å². The summed E-state index contributed by atoms with van der Waals surface area (Å²) in [5, 5.41) is 0.749. The van der Waals surface area contributed by atoms with Gasteiger partial charge in [-0.15, -0.1) is 0 Å². The zero-order valence-electron chi connectivity index (χ0n) is 7.70. The maximum Gasteiger partial charge on any atom is 0.160 e. The molecule has 0 saturated heterocycles. The molecule has 0 fully saturated rings. The Kier molecular flexibility index (Phi) is 2.39. The van der Waals surface area contributed by atoms with E-state index < -0.39 is 0 Å². The number of nitrogens with two attached hydrogens (primary N) is 1. The van der Waals surface area contributed by atoms with E-state index in [0.717, 1.165) is 20.2 Å². The molecule has 0 aliphatic carbocycles. The van der Waals surface area contributed by atoms with Gasteiger partial charge in [0.2, 0.25) is 0 Å². The molecule has 2 nitrogen and oxygen atoms in total. The van der Waals surface area contributed by atoms with Crippen molar-refractivity contribution in [2.45, 2.75) is 6.92 Å². The number of nitrogens with one attached hydrogen (secondary N) is 1. The standard InChI is InChI=1S/C10H10N2S2/c1-6-2-4-7(5-3-6)8-9(11)14-10(13)12-8/h2-5H,11H2,1H3,(H,12,13). The maximum atomic E-state index is 5.83. The summed E-state index contributed by atoms with van der Waals surface area (Å²) in [6.45, 7) is 2.06. The van der Waals surface area contributed by atoms with Crippen LogP contribution in [0.4, 0.5) is 5.00 Å². The predicted molar refractivity (Wildman–Crippen MR) is 64.1 cm³/mol. The lowest BCUT2D eigenvalue weighted by molar-refractivity contribution is 1.38. The summed E-state index contributed by atoms with van der Waals surface area (Å²) in [6, 6.07) is 8.20. The number of anilines is 1. The third-order valence-electron chi connectivity index (χ3n) is 2.02. The van der Waals surface area contributed by atoms with Gasteiger partial charge in [-0.25, -0.2) is 0 Å². The Morgan fingerprint density at radius 1 is 1.29 bits per heavy atom. The zero-order chi connectivity index (χ0) is 10.1. The number of thiazole rings is 1. The van der Waals surface area contributed by atoms with Crippen molar-refractivity contribution in [2.24, 2.45) is 0 Å². The molecule has 1 aromatic carbocycles. The van der Waals surface area contributed by atoms with Crippen LogP contribution in [0.3, 0.4) is 0 Å². The molecule has 14 heavy (non-hydrogen) atoms. The average molecular weight is 222 g/mol. The van der Waals surface area contributed by atoms with Gasteiger partial charge >= 0.3 is 0 Å². The molecule has 1 aromatic heterocycles. The van der Waals surface area contributed by atoms with Crippen molar-refractivity contribution >= 4 is 28.6 Å². The Morgan fingerprint density at radius 3 is 2.43 bits per heavy atom. The lowest BCUT2D eigenvalue weighted by atomic mass is 10.1. The van der Waals surface area contributed by atoms with Crippen molar-refractivity contribution < 1.29 is 0 Å². The van der Waals surface area contributed by atoms with Gasteiger partial charge in [0.05, 0.1) is 5.69 Å². The number of nitrogen functional groups attached to an aromatic ring is 1. The lowest BCUT2D eigenvalue weighted by Crippen LogP contribution is -1.85. The first kappa shape index (κ1) is 9.43. The second-order valence-corrected chi connectivity index (χ2v) is 4.84. The number of hydrogen-bond donors (Lipinski definition) is 2. The van der Waals surface area contributed by atoms with Crippen LogP contribution >= 0.6 is 23.6 Å². The number of rotatable bonds is 1. The van der Waals surface area contributed by atoms with Crippen molar-refractivity contribution in [2.75, 3.05) is 5.73 Å². The molecule has 2 aromatic rings. The van der Waals surface area contributed by atoms with E-state index in [1.807, 2.05) is 12.1 Å². The lowest BCUT2D eigenvalue weighted by Gasteiger charge is -1.99. The summed E-state index contributed by atoms with van der Waals surface area (Å²) in [6.07, 6.45) is 0. The van der Waals surface area contributed by atoms with Crippen molar-refractivity contribution in [1.29, 1.82) is 0 Å². The van der Waals surface area contributed by atoms with Crippen LogP contribution in [0.5, 0.6) is 0 Å². The Morgan fingerprint density at radius 2 is 1.93 bits per heavy atom. The average Bonchev–Trinajstić information content (AvgIpc) is 2.47. The molecule has 0 aliphatic rings. The van der Waals surface area contributed by atoms with Crippen LogP contribution < -0.4 is 5.73 Å². The van der Waals surface area contributed by atoms with E-state index >= 15 is 0 Å². The van der Waals surface area contributed by atoms with E-state index in [2.05, 4.69) is 24.0 Å². The quantitative estimate of drug-likeness (QED) is 0.726. The molecular weight excluding hydrogens is 212 g/mol. The van der Waals surface area contributed by atoms with Crippen LogP contribution in [0, 0.1) is 10.9 Å². The Bertz CT molecular complexity index is 494. The largest absolute Gasteiger partial charge is 0.389 e. The first-order valence-electron chi connectivity index (χ1n) is 4.22. The molecule has 0 bridgehead atoms. The predicted octanol–water partition coefficient (Wildman–Crippen LogP) is 3.36. The smallest absolute Gasteiger partial charge is 0.160 e. The molecule has 1 heterocycles. The van der Waals surface area contributed by atoms with Crippen LogP contribution in [-0.4, -0.2) is 4.98 Å². The van der Waals surface area contributed by atoms with E-state index in [1.54, 1.807) is 0 Å². The highest BCUT2D eigenvalue weighted by Crippen LogP contribution is 2.28. The van der Waals surface area contributed by atoms with Crippen LogP contribution in [0.15, 0.2) is 24.3 Å². The summed E-state index contributed by atoms with van der Waals surface area (Å²) >= 11 is 6.43. The topological polar surface area (TPSA) is 41.8 Å². The van der Waals surface area contributed by atoms with E-state index in [9.17, 15) is 0 Å². The Hall–Kier alpha value is -1.13. The van der Waals surface area contributed by atoms with E-state index in [-0.39, 0.29) is 0 Å². The van der Waals surface area contributed by atoms with Gasteiger partial charge in [0.1, 0.15) is 5.00 Å². The Labute approximate surface area is 91.4 Å². The summed E-state index contributed by atoms with van der Waals surface area (Å²) in [5.74, 6) is 0. The SMILES string of the molecule is Cc1ccc(-c2[nH]c(=S)sc2N)cc1. The van der Waals surface area contributed by atoms with Crippen LogP contribution in [-0.2, 0) is 0 Å². The third kappa shape index (κ3) is 1.71. The molecule has 0 amide bonds. The van der Waals surface area contributed by atoms with Gasteiger partial charge in [-0.1, -0.05) is 41.2 Å². The van der Waals surface area contributed by atoms with Gasteiger partial charge in [-0.05, 0) is 19.1 Å². The summed E-state index contributed by atoms with van der Waals surface area (Å²) in [5.41, 5.74) is 9.08.